The van der Waals surface area contributed by atoms with Crippen LogP contribution in [0.25, 0.3) is 49.6 Å². The van der Waals surface area contributed by atoms with E-state index in [4.69, 9.17) is 9.47 Å². The van der Waals surface area contributed by atoms with Crippen LogP contribution in [0.2, 0.25) is 0 Å². The second-order valence-electron chi connectivity index (χ2n) is 10.1. The second kappa shape index (κ2) is 9.58. The van der Waals surface area contributed by atoms with E-state index in [1.54, 1.807) is 14.2 Å². The molecule has 0 aliphatic rings. The van der Waals surface area contributed by atoms with Gasteiger partial charge in [-0.2, -0.15) is 0 Å². The van der Waals surface area contributed by atoms with Gasteiger partial charge in [-0.05, 0) is 76.7 Å². The Balaban J connectivity index is 1.66. The van der Waals surface area contributed by atoms with Gasteiger partial charge in [-0.3, -0.25) is 4.79 Å². The third-order valence-corrected chi connectivity index (χ3v) is 7.76. The van der Waals surface area contributed by atoms with Crippen LogP contribution in [0.4, 0.5) is 0 Å². The molecule has 0 saturated heterocycles. The van der Waals surface area contributed by atoms with Crippen LogP contribution < -0.4 is 14.9 Å². The molecule has 0 saturated carbocycles. The number of fused-ring (bicyclic) bond motifs is 2. The van der Waals surface area contributed by atoms with Crippen molar-refractivity contribution in [2.24, 2.45) is 0 Å². The summed E-state index contributed by atoms with van der Waals surface area (Å²) in [6.45, 7) is 0. The lowest BCUT2D eigenvalue weighted by Crippen LogP contribution is -2.10. The van der Waals surface area contributed by atoms with E-state index in [-0.39, 0.29) is 5.43 Å². The highest BCUT2D eigenvalue weighted by Crippen LogP contribution is 2.43. The molecule has 0 atom stereocenters. The van der Waals surface area contributed by atoms with Crippen molar-refractivity contribution in [3.05, 3.63) is 137 Å². The van der Waals surface area contributed by atoms with Gasteiger partial charge in [0, 0.05) is 22.9 Å². The smallest absolute Gasteiger partial charge is 0.192 e. The highest BCUT2D eigenvalue weighted by Gasteiger charge is 2.25. The SMILES string of the molecule is COc1ccc(-c2c(-c3ccc(OC)cc3)n3c4ccccc4cc4cc(Cc5ccccc5)c(=O)c2c43)cc1. The van der Waals surface area contributed by atoms with Crippen molar-refractivity contribution in [1.82, 2.24) is 4.40 Å². The standard InChI is InChI=1S/C36H27NO3/c1-39-29-16-12-24(13-17-29)32-33-35-27(22-28(36(33)38)20-23-8-4-3-5-9-23)21-26-10-6-7-11-31(26)37(35)34(32)25-14-18-30(40-2)19-15-25/h3-19,21-22H,20H2,1-2H3. The van der Waals surface area contributed by atoms with Gasteiger partial charge >= 0.3 is 0 Å². The maximum atomic E-state index is 14.5. The molecule has 0 aliphatic heterocycles. The summed E-state index contributed by atoms with van der Waals surface area (Å²) in [6.07, 6.45) is 0.573. The van der Waals surface area contributed by atoms with Crippen LogP contribution in [0.5, 0.6) is 11.5 Å². The van der Waals surface area contributed by atoms with Gasteiger partial charge in [0.05, 0.1) is 36.3 Å². The molecule has 0 amide bonds. The van der Waals surface area contributed by atoms with Gasteiger partial charge in [0.1, 0.15) is 11.5 Å². The Bertz CT molecular complexity index is 2040. The first-order valence-corrected chi connectivity index (χ1v) is 13.3. The van der Waals surface area contributed by atoms with Gasteiger partial charge in [-0.15, -0.1) is 0 Å². The van der Waals surface area contributed by atoms with E-state index in [9.17, 15) is 4.79 Å². The van der Waals surface area contributed by atoms with E-state index in [2.05, 4.69) is 65.1 Å². The van der Waals surface area contributed by atoms with E-state index in [1.165, 1.54) is 0 Å². The van der Waals surface area contributed by atoms with Gasteiger partial charge in [-0.1, -0.05) is 60.7 Å². The predicted molar refractivity (Wildman–Crippen MR) is 163 cm³/mol. The van der Waals surface area contributed by atoms with Crippen LogP contribution in [-0.2, 0) is 6.42 Å². The number of nitrogens with zero attached hydrogens (tertiary/aromatic N) is 1. The number of benzene rings is 5. The lowest BCUT2D eigenvalue weighted by Gasteiger charge is -2.12. The van der Waals surface area contributed by atoms with Crippen LogP contribution in [0, 0.1) is 0 Å². The first-order chi connectivity index (χ1) is 19.7. The van der Waals surface area contributed by atoms with Crippen molar-refractivity contribution in [2.45, 2.75) is 6.42 Å². The molecule has 2 aromatic heterocycles. The fourth-order valence-electron chi connectivity index (χ4n) is 5.89. The molecule has 0 fully saturated rings. The zero-order valence-electron chi connectivity index (χ0n) is 22.3. The van der Waals surface area contributed by atoms with E-state index in [1.807, 2.05) is 54.6 Å². The lowest BCUT2D eigenvalue weighted by molar-refractivity contribution is 0.414. The molecule has 0 spiro atoms. The van der Waals surface area contributed by atoms with Crippen molar-refractivity contribution in [3.63, 3.8) is 0 Å². The molecular formula is C36H27NO3. The molecule has 4 nitrogen and oxygen atoms in total. The average Bonchev–Trinajstić information content (AvgIpc) is 3.37. The lowest BCUT2D eigenvalue weighted by atomic mass is 9.94. The monoisotopic (exact) mass is 521 g/mol. The summed E-state index contributed by atoms with van der Waals surface area (Å²) in [4.78, 5) is 14.5. The summed E-state index contributed by atoms with van der Waals surface area (Å²) in [5.74, 6) is 1.56. The zero-order chi connectivity index (χ0) is 27.2. The van der Waals surface area contributed by atoms with E-state index >= 15 is 0 Å². The Morgan fingerprint density at radius 2 is 1.27 bits per heavy atom. The number of hydrogen-bond acceptors (Lipinski definition) is 3. The fraction of sp³-hybridized carbons (Fsp3) is 0.0833. The summed E-state index contributed by atoms with van der Waals surface area (Å²) < 4.78 is 13.2. The van der Waals surface area contributed by atoms with Gasteiger partial charge < -0.3 is 13.9 Å². The molecule has 4 heteroatoms. The third-order valence-electron chi connectivity index (χ3n) is 7.76. The first kappa shape index (κ1) is 24.0. The van der Waals surface area contributed by atoms with Crippen LogP contribution in [0.15, 0.2) is 120 Å². The molecule has 0 radical (unpaired) electrons. The van der Waals surface area contributed by atoms with Gasteiger partial charge in [0.15, 0.2) is 5.43 Å². The molecule has 194 valence electrons. The van der Waals surface area contributed by atoms with Crippen molar-refractivity contribution in [1.29, 1.82) is 0 Å². The Kier molecular flexibility index (Phi) is 5.75. The van der Waals surface area contributed by atoms with Crippen molar-refractivity contribution in [2.75, 3.05) is 14.2 Å². The Hall–Kier alpha value is -5.09. The molecule has 5 aromatic carbocycles. The van der Waals surface area contributed by atoms with Gasteiger partial charge in [0.2, 0.25) is 0 Å². The molecule has 0 N–H and O–H groups in total. The molecule has 40 heavy (non-hydrogen) atoms. The van der Waals surface area contributed by atoms with Gasteiger partial charge in [0.25, 0.3) is 0 Å². The van der Waals surface area contributed by atoms with Crippen LogP contribution >= 0.6 is 0 Å². The molecule has 7 aromatic rings. The maximum Gasteiger partial charge on any atom is 0.192 e. The maximum absolute atomic E-state index is 14.5. The molecular weight excluding hydrogens is 494 g/mol. The van der Waals surface area contributed by atoms with Crippen LogP contribution in [0.1, 0.15) is 11.1 Å². The van der Waals surface area contributed by atoms with Crippen LogP contribution in [-0.4, -0.2) is 18.6 Å². The summed E-state index contributed by atoms with van der Waals surface area (Å²) in [7, 11) is 3.33. The Labute approximate surface area is 232 Å². The number of aromatic nitrogens is 1. The quantitative estimate of drug-likeness (QED) is 0.208. The summed E-state index contributed by atoms with van der Waals surface area (Å²) >= 11 is 0. The Morgan fingerprint density at radius 1 is 0.650 bits per heavy atom. The van der Waals surface area contributed by atoms with E-state index < -0.39 is 0 Å². The molecule has 7 rings (SSSR count). The second-order valence-corrected chi connectivity index (χ2v) is 10.1. The minimum atomic E-state index is 0.0645. The average molecular weight is 522 g/mol. The molecule has 0 bridgehead atoms. The Morgan fingerprint density at radius 3 is 1.95 bits per heavy atom. The predicted octanol–water partition coefficient (Wildman–Crippen LogP) is 7.99. The number of pyridine rings is 1. The number of para-hydroxylation sites is 1. The number of ether oxygens (including phenoxy) is 2. The van der Waals surface area contributed by atoms with E-state index in [0.717, 1.165) is 72.2 Å². The highest BCUT2D eigenvalue weighted by molar-refractivity contribution is 6.14. The first-order valence-electron chi connectivity index (χ1n) is 13.3. The van der Waals surface area contributed by atoms with Crippen molar-refractivity contribution in [3.8, 4) is 33.9 Å². The fourth-order valence-corrected chi connectivity index (χ4v) is 5.89. The van der Waals surface area contributed by atoms with E-state index in [0.29, 0.717) is 6.42 Å². The third kappa shape index (κ3) is 3.80. The number of methoxy groups -OCH3 is 2. The van der Waals surface area contributed by atoms with Crippen molar-refractivity contribution < 1.29 is 9.47 Å². The zero-order valence-corrected chi connectivity index (χ0v) is 22.3. The summed E-state index contributed by atoms with van der Waals surface area (Å²) in [6, 6.07) is 38.9. The highest BCUT2D eigenvalue weighted by atomic mass is 16.5. The molecule has 0 unspecified atom stereocenters. The minimum Gasteiger partial charge on any atom is -0.497 e. The molecule has 2 heterocycles. The minimum absolute atomic E-state index is 0.0645. The molecule has 0 aliphatic carbocycles. The normalized spacial score (nSPS) is 11.4. The summed E-state index contributed by atoms with van der Waals surface area (Å²) in [5, 5.41) is 2.91. The number of rotatable bonds is 6. The van der Waals surface area contributed by atoms with Crippen LogP contribution in [0.3, 0.4) is 0 Å². The topological polar surface area (TPSA) is 39.9 Å². The summed E-state index contributed by atoms with van der Waals surface area (Å²) in [5.41, 5.74) is 7.85. The largest absolute Gasteiger partial charge is 0.497 e. The number of hydrogen-bond donors (Lipinski definition) is 0. The van der Waals surface area contributed by atoms with Gasteiger partial charge in [-0.25, -0.2) is 0 Å². The van der Waals surface area contributed by atoms with Crippen molar-refractivity contribution >= 4 is 27.2 Å².